The molecule has 1 heterocycles. The van der Waals surface area contributed by atoms with Gasteiger partial charge in [0, 0.05) is 4.47 Å². The highest BCUT2D eigenvalue weighted by atomic mass is 79.9. The van der Waals surface area contributed by atoms with Gasteiger partial charge < -0.3 is 10.1 Å². The summed E-state index contributed by atoms with van der Waals surface area (Å²) in [6, 6.07) is 8.04. The van der Waals surface area contributed by atoms with Crippen molar-refractivity contribution in [3.05, 3.63) is 28.7 Å². The van der Waals surface area contributed by atoms with Gasteiger partial charge >= 0.3 is 0 Å². The first-order valence-corrected chi connectivity index (χ1v) is 6.73. The van der Waals surface area contributed by atoms with E-state index in [1.807, 2.05) is 24.3 Å². The van der Waals surface area contributed by atoms with Crippen LogP contribution in [0.3, 0.4) is 0 Å². The SMILES string of the molecule is Brc1cccc(OCCC2CCNCC2)c1. The number of hydrogen-bond donors (Lipinski definition) is 1. The van der Waals surface area contributed by atoms with E-state index in [2.05, 4.69) is 21.2 Å². The highest BCUT2D eigenvalue weighted by Crippen LogP contribution is 2.20. The first-order chi connectivity index (χ1) is 7.84. The molecule has 1 aliphatic rings. The van der Waals surface area contributed by atoms with Crippen LogP contribution in [0.4, 0.5) is 0 Å². The molecule has 1 aromatic carbocycles. The van der Waals surface area contributed by atoms with Crippen LogP contribution in [-0.2, 0) is 0 Å². The molecule has 2 nitrogen and oxygen atoms in total. The topological polar surface area (TPSA) is 21.3 Å². The van der Waals surface area contributed by atoms with E-state index in [1.54, 1.807) is 0 Å². The molecule has 0 unspecified atom stereocenters. The quantitative estimate of drug-likeness (QED) is 0.916. The Morgan fingerprint density at radius 3 is 2.88 bits per heavy atom. The van der Waals surface area contributed by atoms with E-state index in [4.69, 9.17) is 4.74 Å². The Morgan fingerprint density at radius 1 is 1.31 bits per heavy atom. The van der Waals surface area contributed by atoms with Crippen LogP contribution < -0.4 is 10.1 Å². The lowest BCUT2D eigenvalue weighted by Crippen LogP contribution is -2.28. The summed E-state index contributed by atoms with van der Waals surface area (Å²) in [6.45, 7) is 3.17. The Labute approximate surface area is 106 Å². The molecule has 0 aliphatic carbocycles. The molecule has 88 valence electrons. The molecule has 1 aliphatic heterocycles. The lowest BCUT2D eigenvalue weighted by atomic mass is 9.95. The van der Waals surface area contributed by atoms with Crippen molar-refractivity contribution >= 4 is 15.9 Å². The van der Waals surface area contributed by atoms with Crippen LogP contribution in [0.2, 0.25) is 0 Å². The zero-order chi connectivity index (χ0) is 11.2. The van der Waals surface area contributed by atoms with Crippen molar-refractivity contribution in [1.29, 1.82) is 0 Å². The van der Waals surface area contributed by atoms with E-state index in [9.17, 15) is 0 Å². The van der Waals surface area contributed by atoms with Gasteiger partial charge in [-0.05, 0) is 56.5 Å². The van der Waals surface area contributed by atoms with Gasteiger partial charge in [0.15, 0.2) is 0 Å². The summed E-state index contributed by atoms with van der Waals surface area (Å²) in [6.07, 6.45) is 3.76. The zero-order valence-corrected chi connectivity index (χ0v) is 11.0. The average molecular weight is 284 g/mol. The second kappa shape index (κ2) is 6.26. The fraction of sp³-hybridized carbons (Fsp3) is 0.538. The molecule has 0 saturated carbocycles. The van der Waals surface area contributed by atoms with Crippen molar-refractivity contribution in [2.75, 3.05) is 19.7 Å². The number of benzene rings is 1. The number of hydrogen-bond acceptors (Lipinski definition) is 2. The van der Waals surface area contributed by atoms with Crippen LogP contribution in [0.5, 0.6) is 5.75 Å². The fourth-order valence-electron chi connectivity index (χ4n) is 2.07. The number of piperidine rings is 1. The van der Waals surface area contributed by atoms with Crippen LogP contribution in [0.15, 0.2) is 28.7 Å². The van der Waals surface area contributed by atoms with Crippen molar-refractivity contribution < 1.29 is 4.74 Å². The first-order valence-electron chi connectivity index (χ1n) is 5.94. The summed E-state index contributed by atoms with van der Waals surface area (Å²) < 4.78 is 6.81. The zero-order valence-electron chi connectivity index (χ0n) is 9.42. The summed E-state index contributed by atoms with van der Waals surface area (Å²) in [5, 5.41) is 3.38. The summed E-state index contributed by atoms with van der Waals surface area (Å²) in [5.41, 5.74) is 0. The average Bonchev–Trinajstić information content (AvgIpc) is 2.30. The van der Waals surface area contributed by atoms with Gasteiger partial charge in [0.25, 0.3) is 0 Å². The summed E-state index contributed by atoms with van der Waals surface area (Å²) in [4.78, 5) is 0. The molecule has 2 rings (SSSR count). The lowest BCUT2D eigenvalue weighted by molar-refractivity contribution is 0.252. The molecule has 1 N–H and O–H groups in total. The van der Waals surface area contributed by atoms with Gasteiger partial charge in [0.1, 0.15) is 5.75 Å². The van der Waals surface area contributed by atoms with Crippen LogP contribution in [-0.4, -0.2) is 19.7 Å². The van der Waals surface area contributed by atoms with Gasteiger partial charge in [-0.25, -0.2) is 0 Å². The molecule has 0 bridgehead atoms. The van der Waals surface area contributed by atoms with Gasteiger partial charge in [-0.2, -0.15) is 0 Å². The summed E-state index contributed by atoms with van der Waals surface area (Å²) in [5.74, 6) is 1.80. The molecule has 0 atom stereocenters. The predicted molar refractivity (Wildman–Crippen MR) is 69.8 cm³/mol. The molecule has 16 heavy (non-hydrogen) atoms. The van der Waals surface area contributed by atoms with Crippen LogP contribution >= 0.6 is 15.9 Å². The third-order valence-corrected chi connectivity index (χ3v) is 3.54. The maximum absolute atomic E-state index is 5.74. The maximum atomic E-state index is 5.74. The second-order valence-corrected chi connectivity index (χ2v) is 5.20. The summed E-state index contributed by atoms with van der Waals surface area (Å²) in [7, 11) is 0. The highest BCUT2D eigenvalue weighted by Gasteiger charge is 2.12. The number of rotatable bonds is 4. The monoisotopic (exact) mass is 283 g/mol. The molecule has 1 saturated heterocycles. The standard InChI is InChI=1S/C13H18BrNO/c14-12-2-1-3-13(10-12)16-9-6-11-4-7-15-8-5-11/h1-3,10-11,15H,4-9H2. The third kappa shape index (κ3) is 3.80. The number of halogens is 1. The van der Waals surface area contributed by atoms with Crippen molar-refractivity contribution in [1.82, 2.24) is 5.32 Å². The molecule has 1 fully saturated rings. The number of nitrogens with one attached hydrogen (secondary N) is 1. The molecule has 0 radical (unpaired) electrons. The Hall–Kier alpha value is -0.540. The minimum Gasteiger partial charge on any atom is -0.494 e. The van der Waals surface area contributed by atoms with Crippen LogP contribution in [0.1, 0.15) is 19.3 Å². The largest absolute Gasteiger partial charge is 0.494 e. The van der Waals surface area contributed by atoms with Gasteiger partial charge in [0.2, 0.25) is 0 Å². The molecule has 1 aromatic rings. The summed E-state index contributed by atoms with van der Waals surface area (Å²) >= 11 is 3.44. The Morgan fingerprint density at radius 2 is 2.12 bits per heavy atom. The molecule has 0 aromatic heterocycles. The van der Waals surface area contributed by atoms with Crippen LogP contribution in [0.25, 0.3) is 0 Å². The Balaban J connectivity index is 1.71. The van der Waals surface area contributed by atoms with Gasteiger partial charge in [0.05, 0.1) is 6.61 Å². The Bertz CT molecular complexity index is 323. The van der Waals surface area contributed by atoms with E-state index in [1.165, 1.54) is 32.4 Å². The maximum Gasteiger partial charge on any atom is 0.120 e. The lowest BCUT2D eigenvalue weighted by Gasteiger charge is -2.22. The highest BCUT2D eigenvalue weighted by molar-refractivity contribution is 9.10. The van der Waals surface area contributed by atoms with Gasteiger partial charge in [-0.15, -0.1) is 0 Å². The molecular formula is C13H18BrNO. The van der Waals surface area contributed by atoms with Gasteiger partial charge in [-0.1, -0.05) is 22.0 Å². The van der Waals surface area contributed by atoms with Crippen molar-refractivity contribution in [2.24, 2.45) is 5.92 Å². The number of ether oxygens (including phenoxy) is 1. The second-order valence-electron chi connectivity index (χ2n) is 4.29. The van der Waals surface area contributed by atoms with E-state index in [0.29, 0.717) is 0 Å². The van der Waals surface area contributed by atoms with E-state index in [-0.39, 0.29) is 0 Å². The molecular weight excluding hydrogens is 266 g/mol. The van der Waals surface area contributed by atoms with E-state index < -0.39 is 0 Å². The van der Waals surface area contributed by atoms with E-state index in [0.717, 1.165) is 22.7 Å². The first kappa shape index (κ1) is 11.9. The minimum atomic E-state index is 0.834. The van der Waals surface area contributed by atoms with Crippen molar-refractivity contribution in [2.45, 2.75) is 19.3 Å². The third-order valence-electron chi connectivity index (χ3n) is 3.05. The van der Waals surface area contributed by atoms with E-state index >= 15 is 0 Å². The predicted octanol–water partition coefficient (Wildman–Crippen LogP) is 3.22. The molecule has 3 heteroatoms. The molecule has 0 amide bonds. The van der Waals surface area contributed by atoms with Crippen LogP contribution in [0, 0.1) is 5.92 Å². The van der Waals surface area contributed by atoms with Gasteiger partial charge in [-0.3, -0.25) is 0 Å². The van der Waals surface area contributed by atoms with Crippen molar-refractivity contribution in [3.8, 4) is 5.75 Å². The fourth-order valence-corrected chi connectivity index (χ4v) is 2.45. The Kier molecular flexibility index (Phi) is 4.67. The van der Waals surface area contributed by atoms with Crippen molar-refractivity contribution in [3.63, 3.8) is 0 Å². The molecule has 0 spiro atoms. The smallest absolute Gasteiger partial charge is 0.120 e. The minimum absolute atomic E-state index is 0.834. The normalized spacial score (nSPS) is 17.3.